The molecule has 0 radical (unpaired) electrons. The number of thiophene rings is 1. The molecule has 2 fully saturated rings. The molecule has 1 aliphatic heterocycles. The van der Waals surface area contributed by atoms with Crippen LogP contribution >= 0.6 is 11.3 Å². The van der Waals surface area contributed by atoms with Crippen molar-refractivity contribution in [2.45, 2.75) is 32.2 Å². The maximum atomic E-state index is 13.9. The monoisotopic (exact) mass is 372 g/mol. The van der Waals surface area contributed by atoms with Gasteiger partial charge in [0.2, 0.25) is 5.91 Å². The first-order valence-corrected chi connectivity index (χ1v) is 10.4. The number of carbonyl (C=O) groups excluding carboxylic acids is 1. The Bertz CT molecular complexity index is 761. The van der Waals surface area contributed by atoms with Gasteiger partial charge in [0.25, 0.3) is 0 Å². The van der Waals surface area contributed by atoms with Gasteiger partial charge in [-0.3, -0.25) is 9.69 Å². The Labute approximate surface area is 158 Å². The molecule has 5 heteroatoms. The van der Waals surface area contributed by atoms with E-state index in [1.807, 2.05) is 18.2 Å². The molecule has 1 saturated heterocycles. The van der Waals surface area contributed by atoms with E-state index in [9.17, 15) is 9.18 Å². The first-order valence-electron chi connectivity index (χ1n) is 9.55. The Morgan fingerprint density at radius 2 is 1.77 bits per heavy atom. The van der Waals surface area contributed by atoms with Crippen molar-refractivity contribution in [3.05, 3.63) is 47.1 Å². The van der Waals surface area contributed by atoms with Crippen molar-refractivity contribution in [2.24, 2.45) is 5.92 Å². The highest BCUT2D eigenvalue weighted by atomic mass is 32.1. The van der Waals surface area contributed by atoms with Gasteiger partial charge in [-0.05, 0) is 31.0 Å². The number of nitrogens with zero attached hydrogens (tertiary/aromatic N) is 2. The summed E-state index contributed by atoms with van der Waals surface area (Å²) < 4.78 is 13.9. The van der Waals surface area contributed by atoms with E-state index in [1.54, 1.807) is 17.4 Å². The van der Waals surface area contributed by atoms with Gasteiger partial charge in [-0.15, -0.1) is 11.3 Å². The molecule has 26 heavy (non-hydrogen) atoms. The summed E-state index contributed by atoms with van der Waals surface area (Å²) in [5.74, 6) is 0.488. The van der Waals surface area contributed by atoms with Crippen LogP contribution in [0.5, 0.6) is 0 Å². The standard InChI is InChI=1S/C21H25FN2OS/c22-19-8-4-3-7-18(19)20-10-9-17(26-20)15-23-11-13-24(14-12-23)21(25)16-5-1-2-6-16/h3-4,7-10,16H,1-2,5-6,11-15H2. The lowest BCUT2D eigenvalue weighted by Gasteiger charge is -2.35. The van der Waals surface area contributed by atoms with Crippen molar-refractivity contribution < 1.29 is 9.18 Å². The van der Waals surface area contributed by atoms with Gasteiger partial charge in [-0.1, -0.05) is 31.0 Å². The van der Waals surface area contributed by atoms with Crippen LogP contribution < -0.4 is 0 Å². The zero-order valence-electron chi connectivity index (χ0n) is 15.0. The third-order valence-electron chi connectivity index (χ3n) is 5.57. The number of halogens is 1. The van der Waals surface area contributed by atoms with Crippen molar-refractivity contribution in [1.82, 2.24) is 9.80 Å². The quantitative estimate of drug-likeness (QED) is 0.795. The molecule has 1 aliphatic carbocycles. The Morgan fingerprint density at radius 3 is 2.50 bits per heavy atom. The number of benzene rings is 1. The zero-order valence-corrected chi connectivity index (χ0v) is 15.8. The van der Waals surface area contributed by atoms with Crippen molar-refractivity contribution in [3.8, 4) is 10.4 Å². The molecule has 2 aliphatic rings. The second-order valence-electron chi connectivity index (χ2n) is 7.33. The molecule has 0 unspecified atom stereocenters. The molecule has 1 aromatic carbocycles. The molecule has 0 bridgehead atoms. The summed E-state index contributed by atoms with van der Waals surface area (Å²) in [5, 5.41) is 0. The van der Waals surface area contributed by atoms with Crippen molar-refractivity contribution in [2.75, 3.05) is 26.2 Å². The molecule has 0 N–H and O–H groups in total. The number of hydrogen-bond donors (Lipinski definition) is 0. The minimum absolute atomic E-state index is 0.167. The van der Waals surface area contributed by atoms with Crippen LogP contribution in [-0.2, 0) is 11.3 Å². The molecule has 138 valence electrons. The summed E-state index contributed by atoms with van der Waals surface area (Å²) >= 11 is 1.66. The van der Waals surface area contributed by atoms with Crippen molar-refractivity contribution in [3.63, 3.8) is 0 Å². The normalized spacial score (nSPS) is 19.2. The highest BCUT2D eigenvalue weighted by Gasteiger charge is 2.29. The first-order chi connectivity index (χ1) is 12.7. The molecule has 1 saturated carbocycles. The second kappa shape index (κ2) is 7.89. The van der Waals surface area contributed by atoms with E-state index >= 15 is 0 Å². The molecular formula is C21H25FN2OS. The summed E-state index contributed by atoms with van der Waals surface area (Å²) in [5.41, 5.74) is 0.677. The predicted molar refractivity (Wildman–Crippen MR) is 104 cm³/mol. The van der Waals surface area contributed by atoms with Gasteiger partial charge in [0.1, 0.15) is 5.82 Å². The maximum Gasteiger partial charge on any atom is 0.225 e. The topological polar surface area (TPSA) is 23.6 Å². The second-order valence-corrected chi connectivity index (χ2v) is 8.50. The number of carbonyl (C=O) groups is 1. The zero-order chi connectivity index (χ0) is 17.9. The van der Waals surface area contributed by atoms with E-state index in [1.165, 1.54) is 23.8 Å². The van der Waals surface area contributed by atoms with Crippen LogP contribution in [-0.4, -0.2) is 41.9 Å². The summed E-state index contributed by atoms with van der Waals surface area (Å²) in [7, 11) is 0. The lowest BCUT2D eigenvalue weighted by Crippen LogP contribution is -2.49. The number of piperazine rings is 1. The smallest absolute Gasteiger partial charge is 0.225 e. The first kappa shape index (κ1) is 17.7. The largest absolute Gasteiger partial charge is 0.340 e. The fourth-order valence-electron chi connectivity index (χ4n) is 4.05. The fraction of sp³-hybridized carbons (Fsp3) is 0.476. The average Bonchev–Trinajstić information content (AvgIpc) is 3.34. The fourth-order valence-corrected chi connectivity index (χ4v) is 5.12. The number of rotatable bonds is 4. The van der Waals surface area contributed by atoms with Crippen LogP contribution in [0.4, 0.5) is 4.39 Å². The van der Waals surface area contributed by atoms with Gasteiger partial charge in [0.15, 0.2) is 0 Å². The number of hydrogen-bond acceptors (Lipinski definition) is 3. The molecule has 2 heterocycles. The molecule has 1 aromatic heterocycles. The third kappa shape index (κ3) is 3.84. The van der Waals surface area contributed by atoms with Gasteiger partial charge in [-0.25, -0.2) is 4.39 Å². The Kier molecular flexibility index (Phi) is 5.36. The summed E-state index contributed by atoms with van der Waals surface area (Å²) in [6.07, 6.45) is 4.57. The summed E-state index contributed by atoms with van der Waals surface area (Å²) in [6, 6.07) is 11.0. The van der Waals surface area contributed by atoms with Crippen LogP contribution in [0.1, 0.15) is 30.6 Å². The van der Waals surface area contributed by atoms with Crippen LogP contribution in [0.25, 0.3) is 10.4 Å². The summed E-state index contributed by atoms with van der Waals surface area (Å²) in [6.45, 7) is 4.39. The van der Waals surface area contributed by atoms with E-state index in [4.69, 9.17) is 0 Å². The van der Waals surface area contributed by atoms with E-state index in [-0.39, 0.29) is 11.7 Å². The van der Waals surface area contributed by atoms with Gasteiger partial charge < -0.3 is 4.90 Å². The minimum atomic E-state index is -0.167. The Balaban J connectivity index is 1.32. The van der Waals surface area contributed by atoms with Crippen LogP contribution in [0, 0.1) is 11.7 Å². The molecule has 2 aromatic rings. The maximum absolute atomic E-state index is 13.9. The molecular weight excluding hydrogens is 347 g/mol. The average molecular weight is 373 g/mol. The van der Waals surface area contributed by atoms with Gasteiger partial charge in [0.05, 0.1) is 0 Å². The van der Waals surface area contributed by atoms with E-state index < -0.39 is 0 Å². The Hall–Kier alpha value is -1.72. The van der Waals surface area contributed by atoms with Crippen molar-refractivity contribution in [1.29, 1.82) is 0 Å². The lowest BCUT2D eigenvalue weighted by molar-refractivity contribution is -0.137. The molecule has 4 rings (SSSR count). The van der Waals surface area contributed by atoms with Gasteiger partial charge in [0, 0.05) is 54.0 Å². The van der Waals surface area contributed by atoms with Crippen LogP contribution in [0.15, 0.2) is 36.4 Å². The van der Waals surface area contributed by atoms with Crippen LogP contribution in [0.2, 0.25) is 0 Å². The predicted octanol–water partition coefficient (Wildman–Crippen LogP) is 4.39. The minimum Gasteiger partial charge on any atom is -0.340 e. The van der Waals surface area contributed by atoms with E-state index in [0.29, 0.717) is 11.5 Å². The molecule has 1 amide bonds. The SMILES string of the molecule is O=C(C1CCCC1)N1CCN(Cc2ccc(-c3ccccc3F)s2)CC1. The third-order valence-corrected chi connectivity index (χ3v) is 6.67. The van der Waals surface area contributed by atoms with E-state index in [0.717, 1.165) is 50.4 Å². The van der Waals surface area contributed by atoms with Gasteiger partial charge >= 0.3 is 0 Å². The van der Waals surface area contributed by atoms with Crippen LogP contribution in [0.3, 0.4) is 0 Å². The van der Waals surface area contributed by atoms with Gasteiger partial charge in [-0.2, -0.15) is 0 Å². The highest BCUT2D eigenvalue weighted by Crippen LogP contribution is 2.31. The molecule has 0 atom stereocenters. The lowest BCUT2D eigenvalue weighted by atomic mass is 10.1. The Morgan fingerprint density at radius 1 is 1.04 bits per heavy atom. The summed E-state index contributed by atoms with van der Waals surface area (Å²) in [4.78, 5) is 19.2. The highest BCUT2D eigenvalue weighted by molar-refractivity contribution is 7.15. The number of amides is 1. The molecule has 0 spiro atoms. The van der Waals surface area contributed by atoms with E-state index in [2.05, 4.69) is 15.9 Å². The molecule has 3 nitrogen and oxygen atoms in total. The van der Waals surface area contributed by atoms with Crippen molar-refractivity contribution >= 4 is 17.2 Å².